The number of anilines is 1. The molecule has 21 heavy (non-hydrogen) atoms. The molecule has 1 aromatic rings. The average Bonchev–Trinajstić information content (AvgIpc) is 2.66. The van der Waals surface area contributed by atoms with E-state index in [9.17, 15) is 10.1 Å². The molecule has 2 rings (SSSR count). The summed E-state index contributed by atoms with van der Waals surface area (Å²) in [7, 11) is 0. The van der Waals surface area contributed by atoms with Gasteiger partial charge in [0.15, 0.2) is 0 Å². The quantitative estimate of drug-likeness (QED) is 0.676. The number of hydrogen-bond acceptors (Lipinski definition) is 4. The highest BCUT2D eigenvalue weighted by atomic mass is 35.5. The molecule has 0 saturated carbocycles. The van der Waals surface area contributed by atoms with Gasteiger partial charge in [0, 0.05) is 30.8 Å². The Morgan fingerprint density at radius 3 is 2.81 bits per heavy atom. The highest BCUT2D eigenvalue weighted by molar-refractivity contribution is 6.33. The molecule has 1 aromatic carbocycles. The van der Waals surface area contributed by atoms with E-state index in [-0.39, 0.29) is 5.69 Å². The Morgan fingerprint density at radius 2 is 2.14 bits per heavy atom. The van der Waals surface area contributed by atoms with Gasteiger partial charge in [0.05, 0.1) is 15.6 Å². The summed E-state index contributed by atoms with van der Waals surface area (Å²) in [6.45, 7) is 6.58. The number of benzene rings is 1. The second kappa shape index (κ2) is 7.09. The van der Waals surface area contributed by atoms with Crippen molar-refractivity contribution in [3.63, 3.8) is 0 Å². The van der Waals surface area contributed by atoms with Crippen LogP contribution in [0.5, 0.6) is 0 Å². The molecule has 0 bridgehead atoms. The summed E-state index contributed by atoms with van der Waals surface area (Å²) in [6.07, 6.45) is 3.21. The van der Waals surface area contributed by atoms with E-state index in [2.05, 4.69) is 24.1 Å². The minimum Gasteiger partial charge on any atom is -0.381 e. The molecule has 6 heteroatoms. The summed E-state index contributed by atoms with van der Waals surface area (Å²) >= 11 is 6.14. The number of nitrogens with one attached hydrogen (secondary N) is 1. The van der Waals surface area contributed by atoms with Gasteiger partial charge < -0.3 is 10.2 Å². The van der Waals surface area contributed by atoms with E-state index in [0.717, 1.165) is 32.4 Å². The van der Waals surface area contributed by atoms with Crippen molar-refractivity contribution in [3.05, 3.63) is 33.3 Å². The Balaban J connectivity index is 2.04. The first kappa shape index (κ1) is 16.0. The van der Waals surface area contributed by atoms with E-state index in [4.69, 9.17) is 11.6 Å². The van der Waals surface area contributed by atoms with Gasteiger partial charge in [0.2, 0.25) is 0 Å². The summed E-state index contributed by atoms with van der Waals surface area (Å²) in [4.78, 5) is 12.9. The minimum atomic E-state index is -0.394. The molecule has 0 spiro atoms. The summed E-state index contributed by atoms with van der Waals surface area (Å²) in [5.74, 6) is 0. The van der Waals surface area contributed by atoms with Crippen LogP contribution in [0.3, 0.4) is 0 Å². The van der Waals surface area contributed by atoms with E-state index >= 15 is 0 Å². The van der Waals surface area contributed by atoms with Crippen molar-refractivity contribution >= 4 is 23.0 Å². The molecular formula is C15H22ClN3O2. The van der Waals surface area contributed by atoms with Gasteiger partial charge in [-0.1, -0.05) is 11.6 Å². The summed E-state index contributed by atoms with van der Waals surface area (Å²) in [5, 5.41) is 14.8. The van der Waals surface area contributed by atoms with Crippen LogP contribution < -0.4 is 5.32 Å². The van der Waals surface area contributed by atoms with Gasteiger partial charge in [0.1, 0.15) is 0 Å². The summed E-state index contributed by atoms with van der Waals surface area (Å²) in [6, 6.07) is 5.41. The predicted octanol–water partition coefficient (Wildman–Crippen LogP) is 3.92. The maximum absolute atomic E-state index is 10.9. The van der Waals surface area contributed by atoms with Crippen molar-refractivity contribution < 1.29 is 4.92 Å². The molecule has 5 nitrogen and oxygen atoms in total. The van der Waals surface area contributed by atoms with Crippen molar-refractivity contribution in [2.45, 2.75) is 45.2 Å². The van der Waals surface area contributed by atoms with Crippen molar-refractivity contribution in [2.24, 2.45) is 0 Å². The molecule has 1 fully saturated rings. The van der Waals surface area contributed by atoms with Crippen LogP contribution in [0.2, 0.25) is 5.02 Å². The van der Waals surface area contributed by atoms with Crippen LogP contribution in [0.4, 0.5) is 11.4 Å². The van der Waals surface area contributed by atoms with Crippen LogP contribution in [0.15, 0.2) is 18.2 Å². The normalized spacial score (nSPS) is 20.3. The Kier molecular flexibility index (Phi) is 5.42. The molecule has 1 aliphatic rings. The number of likely N-dealkylation sites (tertiary alicyclic amines) is 1. The van der Waals surface area contributed by atoms with E-state index in [1.54, 1.807) is 6.07 Å². The van der Waals surface area contributed by atoms with E-state index < -0.39 is 4.92 Å². The van der Waals surface area contributed by atoms with E-state index in [0.29, 0.717) is 22.8 Å². The largest absolute Gasteiger partial charge is 0.381 e. The standard InChI is InChI=1S/C15H22ClN3O2/c1-11(2)18-8-3-4-12(7-9-18)17-15-10-13(19(20)21)5-6-14(15)16/h5-6,10-12,17H,3-4,7-9H2,1-2H3. The Labute approximate surface area is 130 Å². The lowest BCUT2D eigenvalue weighted by Crippen LogP contribution is -2.32. The van der Waals surface area contributed by atoms with Gasteiger partial charge in [-0.25, -0.2) is 0 Å². The fourth-order valence-corrected chi connectivity index (χ4v) is 2.91. The van der Waals surface area contributed by atoms with E-state index in [1.807, 2.05) is 0 Å². The number of nitrogens with zero attached hydrogens (tertiary/aromatic N) is 2. The van der Waals surface area contributed by atoms with Crippen LogP contribution in [-0.4, -0.2) is 35.0 Å². The van der Waals surface area contributed by atoms with Crippen LogP contribution in [0.25, 0.3) is 0 Å². The van der Waals surface area contributed by atoms with Crippen LogP contribution >= 0.6 is 11.6 Å². The Bertz CT molecular complexity index is 508. The Morgan fingerprint density at radius 1 is 1.38 bits per heavy atom. The number of rotatable bonds is 4. The van der Waals surface area contributed by atoms with Crippen molar-refractivity contribution in [1.82, 2.24) is 4.90 Å². The molecule has 1 saturated heterocycles. The molecular weight excluding hydrogens is 290 g/mol. The van der Waals surface area contributed by atoms with Crippen LogP contribution in [-0.2, 0) is 0 Å². The predicted molar refractivity (Wildman–Crippen MR) is 86.1 cm³/mol. The molecule has 1 aliphatic heterocycles. The highest BCUT2D eigenvalue weighted by Gasteiger charge is 2.20. The van der Waals surface area contributed by atoms with Crippen molar-refractivity contribution in [2.75, 3.05) is 18.4 Å². The van der Waals surface area contributed by atoms with Crippen LogP contribution in [0.1, 0.15) is 33.1 Å². The fraction of sp³-hybridized carbons (Fsp3) is 0.600. The lowest BCUT2D eigenvalue weighted by molar-refractivity contribution is -0.384. The first-order chi connectivity index (χ1) is 9.97. The van der Waals surface area contributed by atoms with Gasteiger partial charge in [-0.2, -0.15) is 0 Å². The monoisotopic (exact) mass is 311 g/mol. The smallest absolute Gasteiger partial charge is 0.271 e. The van der Waals surface area contributed by atoms with Crippen molar-refractivity contribution in [1.29, 1.82) is 0 Å². The van der Waals surface area contributed by atoms with E-state index in [1.165, 1.54) is 12.1 Å². The summed E-state index contributed by atoms with van der Waals surface area (Å²) in [5.41, 5.74) is 0.730. The number of non-ortho nitro benzene ring substituents is 1. The SMILES string of the molecule is CC(C)N1CCCC(Nc2cc([N+](=O)[O-])ccc2Cl)CC1. The molecule has 1 N–H and O–H groups in total. The first-order valence-corrected chi connectivity index (χ1v) is 7.79. The molecule has 1 atom stereocenters. The van der Waals surface area contributed by atoms with Gasteiger partial charge in [-0.05, 0) is 45.7 Å². The molecule has 0 radical (unpaired) electrons. The highest BCUT2D eigenvalue weighted by Crippen LogP contribution is 2.28. The maximum Gasteiger partial charge on any atom is 0.271 e. The number of nitro benzene ring substituents is 1. The second-order valence-electron chi connectivity index (χ2n) is 5.82. The van der Waals surface area contributed by atoms with Gasteiger partial charge in [-0.3, -0.25) is 10.1 Å². The van der Waals surface area contributed by atoms with Crippen LogP contribution in [0, 0.1) is 10.1 Å². The molecule has 1 heterocycles. The third-order valence-electron chi connectivity index (χ3n) is 4.01. The molecule has 1 unspecified atom stereocenters. The third-order valence-corrected chi connectivity index (χ3v) is 4.34. The maximum atomic E-state index is 10.9. The lowest BCUT2D eigenvalue weighted by atomic mass is 10.1. The van der Waals surface area contributed by atoms with Crippen molar-refractivity contribution in [3.8, 4) is 0 Å². The zero-order valence-corrected chi connectivity index (χ0v) is 13.3. The first-order valence-electron chi connectivity index (χ1n) is 7.42. The fourth-order valence-electron chi connectivity index (χ4n) is 2.74. The van der Waals surface area contributed by atoms with Gasteiger partial charge in [0.25, 0.3) is 5.69 Å². The molecule has 0 amide bonds. The molecule has 0 aliphatic carbocycles. The number of nitro groups is 1. The zero-order chi connectivity index (χ0) is 15.4. The number of hydrogen-bond donors (Lipinski definition) is 1. The third kappa shape index (κ3) is 4.32. The Hall–Kier alpha value is -1.33. The average molecular weight is 312 g/mol. The lowest BCUT2D eigenvalue weighted by Gasteiger charge is -2.24. The number of halogens is 1. The molecule has 0 aromatic heterocycles. The van der Waals surface area contributed by atoms with Gasteiger partial charge >= 0.3 is 0 Å². The topological polar surface area (TPSA) is 58.4 Å². The minimum absolute atomic E-state index is 0.0688. The summed E-state index contributed by atoms with van der Waals surface area (Å²) < 4.78 is 0. The second-order valence-corrected chi connectivity index (χ2v) is 6.23. The molecule has 116 valence electrons. The zero-order valence-electron chi connectivity index (χ0n) is 12.5. The van der Waals surface area contributed by atoms with Gasteiger partial charge in [-0.15, -0.1) is 0 Å².